The van der Waals surface area contributed by atoms with Crippen LogP contribution in [0.4, 0.5) is 18.9 Å². The molecule has 1 amide bonds. The number of hydrogen-bond donors (Lipinski definition) is 3. The molecule has 21 heavy (non-hydrogen) atoms. The van der Waals surface area contributed by atoms with Gasteiger partial charge in [0.2, 0.25) is 5.91 Å². The van der Waals surface area contributed by atoms with Gasteiger partial charge in [-0.15, -0.1) is 0 Å². The lowest BCUT2D eigenvalue weighted by Crippen LogP contribution is -2.54. The van der Waals surface area contributed by atoms with Gasteiger partial charge < -0.3 is 20.9 Å². The normalized spacial score (nSPS) is 18.3. The van der Waals surface area contributed by atoms with Crippen LogP contribution in [0, 0.1) is 0 Å². The minimum atomic E-state index is -4.56. The van der Waals surface area contributed by atoms with Crippen molar-refractivity contribution in [2.75, 3.05) is 18.5 Å². The number of phenols is 1. The SMILES string of the molecule is NC1(C(=O)Nc2cc(C(F)(F)F)ccc2O)CCOCC1. The van der Waals surface area contributed by atoms with Crippen LogP contribution >= 0.6 is 0 Å². The van der Waals surface area contributed by atoms with E-state index in [2.05, 4.69) is 5.32 Å². The molecule has 4 N–H and O–H groups in total. The number of anilines is 1. The van der Waals surface area contributed by atoms with Crippen molar-refractivity contribution in [3.63, 3.8) is 0 Å². The third-order valence-corrected chi connectivity index (χ3v) is 3.41. The minimum Gasteiger partial charge on any atom is -0.506 e. The van der Waals surface area contributed by atoms with E-state index in [4.69, 9.17) is 10.5 Å². The molecule has 0 unspecified atom stereocenters. The summed E-state index contributed by atoms with van der Waals surface area (Å²) < 4.78 is 43.0. The number of hydrogen-bond acceptors (Lipinski definition) is 4. The zero-order valence-electron chi connectivity index (χ0n) is 11.0. The second-order valence-corrected chi connectivity index (χ2v) is 4.95. The van der Waals surface area contributed by atoms with Crippen LogP contribution < -0.4 is 11.1 Å². The van der Waals surface area contributed by atoms with Crippen LogP contribution in [-0.4, -0.2) is 29.8 Å². The van der Waals surface area contributed by atoms with Crippen molar-refractivity contribution < 1.29 is 27.8 Å². The Bertz CT molecular complexity index is 540. The lowest BCUT2D eigenvalue weighted by molar-refractivity contribution is -0.137. The third-order valence-electron chi connectivity index (χ3n) is 3.41. The first-order valence-electron chi connectivity index (χ1n) is 6.31. The summed E-state index contributed by atoms with van der Waals surface area (Å²) in [4.78, 5) is 12.1. The Morgan fingerprint density at radius 1 is 1.33 bits per heavy atom. The van der Waals surface area contributed by atoms with Gasteiger partial charge in [0.15, 0.2) is 0 Å². The number of rotatable bonds is 2. The van der Waals surface area contributed by atoms with E-state index in [0.29, 0.717) is 19.3 Å². The summed E-state index contributed by atoms with van der Waals surface area (Å²) in [5, 5.41) is 11.8. The Morgan fingerprint density at radius 3 is 2.52 bits per heavy atom. The van der Waals surface area contributed by atoms with Gasteiger partial charge >= 0.3 is 6.18 Å². The first kappa shape index (κ1) is 15.6. The van der Waals surface area contributed by atoms with Crippen LogP contribution in [0.2, 0.25) is 0 Å². The highest BCUT2D eigenvalue weighted by Crippen LogP contribution is 2.35. The second kappa shape index (κ2) is 5.53. The topological polar surface area (TPSA) is 84.6 Å². The number of phenolic OH excluding ortho intramolecular Hbond substituents is 1. The van der Waals surface area contributed by atoms with Gasteiger partial charge in [0.25, 0.3) is 0 Å². The smallest absolute Gasteiger partial charge is 0.416 e. The quantitative estimate of drug-likeness (QED) is 0.728. The molecule has 0 aromatic heterocycles. The fourth-order valence-corrected chi connectivity index (χ4v) is 2.02. The van der Waals surface area contributed by atoms with E-state index in [0.717, 1.165) is 12.1 Å². The Kier molecular flexibility index (Phi) is 4.11. The van der Waals surface area contributed by atoms with Crippen molar-refractivity contribution in [2.24, 2.45) is 5.73 Å². The molecule has 1 heterocycles. The van der Waals surface area contributed by atoms with Crippen molar-refractivity contribution in [1.82, 2.24) is 0 Å². The van der Waals surface area contributed by atoms with Crippen LogP contribution in [0.25, 0.3) is 0 Å². The lowest BCUT2D eigenvalue weighted by atomic mass is 9.90. The largest absolute Gasteiger partial charge is 0.506 e. The van der Waals surface area contributed by atoms with Crippen molar-refractivity contribution in [3.8, 4) is 5.75 Å². The predicted molar refractivity (Wildman–Crippen MR) is 68.7 cm³/mol. The fraction of sp³-hybridized carbons (Fsp3) is 0.462. The van der Waals surface area contributed by atoms with Crippen molar-refractivity contribution >= 4 is 11.6 Å². The summed E-state index contributed by atoms with van der Waals surface area (Å²) in [6.07, 6.45) is -4.04. The maximum absolute atomic E-state index is 12.6. The van der Waals surface area contributed by atoms with Crippen LogP contribution in [-0.2, 0) is 15.7 Å². The molecule has 1 saturated heterocycles. The predicted octanol–water partition coefficient (Wildman–Crippen LogP) is 1.86. The Morgan fingerprint density at radius 2 is 1.95 bits per heavy atom. The molecule has 5 nitrogen and oxygen atoms in total. The maximum atomic E-state index is 12.6. The Balaban J connectivity index is 2.20. The van der Waals surface area contributed by atoms with Gasteiger partial charge in [0.05, 0.1) is 11.3 Å². The highest BCUT2D eigenvalue weighted by Gasteiger charge is 2.37. The van der Waals surface area contributed by atoms with Crippen molar-refractivity contribution in [2.45, 2.75) is 24.6 Å². The van der Waals surface area contributed by atoms with E-state index in [9.17, 15) is 23.1 Å². The van der Waals surface area contributed by atoms with E-state index in [-0.39, 0.29) is 18.5 Å². The lowest BCUT2D eigenvalue weighted by Gasteiger charge is -2.31. The number of carbonyl (C=O) groups is 1. The van der Waals surface area contributed by atoms with E-state index >= 15 is 0 Å². The van der Waals surface area contributed by atoms with Gasteiger partial charge in [0, 0.05) is 13.2 Å². The van der Waals surface area contributed by atoms with Gasteiger partial charge in [-0.05, 0) is 31.0 Å². The van der Waals surface area contributed by atoms with Crippen LogP contribution in [0.1, 0.15) is 18.4 Å². The molecule has 116 valence electrons. The molecule has 8 heteroatoms. The Hall–Kier alpha value is -1.80. The summed E-state index contributed by atoms with van der Waals surface area (Å²) in [5.74, 6) is -1.09. The zero-order valence-corrected chi connectivity index (χ0v) is 11.0. The fourth-order valence-electron chi connectivity index (χ4n) is 2.02. The molecular weight excluding hydrogens is 289 g/mol. The van der Waals surface area contributed by atoms with Gasteiger partial charge in [-0.25, -0.2) is 0 Å². The number of aromatic hydroxyl groups is 1. The van der Waals surface area contributed by atoms with Crippen molar-refractivity contribution in [3.05, 3.63) is 23.8 Å². The molecule has 0 spiro atoms. The number of nitrogens with one attached hydrogen (secondary N) is 1. The summed E-state index contributed by atoms with van der Waals surface area (Å²) in [6.45, 7) is 0.608. The summed E-state index contributed by atoms with van der Waals surface area (Å²) in [6, 6.07) is 2.29. The molecule has 0 aliphatic carbocycles. The number of ether oxygens (including phenoxy) is 1. The highest BCUT2D eigenvalue weighted by molar-refractivity contribution is 5.99. The summed E-state index contributed by atoms with van der Waals surface area (Å²) >= 11 is 0. The van der Waals surface area contributed by atoms with Crippen LogP contribution in [0.3, 0.4) is 0 Å². The summed E-state index contributed by atoms with van der Waals surface area (Å²) in [5.41, 5.74) is 3.44. The molecule has 1 aliphatic rings. The number of carbonyl (C=O) groups excluding carboxylic acids is 1. The highest BCUT2D eigenvalue weighted by atomic mass is 19.4. The molecule has 0 radical (unpaired) electrons. The molecule has 1 fully saturated rings. The number of halogens is 3. The molecule has 1 aromatic carbocycles. The van der Waals surface area contributed by atoms with Gasteiger partial charge in [-0.2, -0.15) is 13.2 Å². The molecule has 0 saturated carbocycles. The standard InChI is InChI=1S/C13H15F3N2O3/c14-13(15,16)8-1-2-10(19)9(7-8)18-11(20)12(17)3-5-21-6-4-12/h1-2,7,19H,3-6,17H2,(H,18,20). The monoisotopic (exact) mass is 304 g/mol. The molecule has 1 aromatic rings. The van der Waals surface area contributed by atoms with Gasteiger partial charge in [0.1, 0.15) is 11.3 Å². The molecule has 1 aliphatic heterocycles. The van der Waals surface area contributed by atoms with Gasteiger partial charge in [-0.3, -0.25) is 4.79 Å². The molecule has 0 atom stereocenters. The summed E-state index contributed by atoms with van der Waals surface area (Å²) in [7, 11) is 0. The number of nitrogens with two attached hydrogens (primary N) is 1. The first-order valence-corrected chi connectivity index (χ1v) is 6.31. The third kappa shape index (κ3) is 3.45. The van der Waals surface area contributed by atoms with E-state index in [1.807, 2.05) is 0 Å². The van der Waals surface area contributed by atoms with Crippen LogP contribution in [0.5, 0.6) is 5.75 Å². The first-order chi connectivity index (χ1) is 9.72. The average molecular weight is 304 g/mol. The molecule has 2 rings (SSSR count). The molecular formula is C13H15F3N2O3. The zero-order chi connectivity index (χ0) is 15.7. The molecule has 0 bridgehead atoms. The van der Waals surface area contributed by atoms with Gasteiger partial charge in [-0.1, -0.05) is 0 Å². The Labute approximate surface area is 118 Å². The van der Waals surface area contributed by atoms with E-state index in [1.54, 1.807) is 0 Å². The number of amides is 1. The van der Waals surface area contributed by atoms with E-state index in [1.165, 1.54) is 0 Å². The van der Waals surface area contributed by atoms with Crippen LogP contribution in [0.15, 0.2) is 18.2 Å². The average Bonchev–Trinajstić information content (AvgIpc) is 2.40. The van der Waals surface area contributed by atoms with Crippen molar-refractivity contribution in [1.29, 1.82) is 0 Å². The minimum absolute atomic E-state index is 0.262. The maximum Gasteiger partial charge on any atom is 0.416 e. The van der Waals surface area contributed by atoms with E-state index < -0.39 is 28.9 Å². The number of benzene rings is 1. The number of alkyl halides is 3. The second-order valence-electron chi connectivity index (χ2n) is 4.95.